The largest absolute Gasteiger partial charge is 0.435 e. The third-order valence-electron chi connectivity index (χ3n) is 4.84. The summed E-state index contributed by atoms with van der Waals surface area (Å²) in [6, 6.07) is 4.97. The van der Waals surface area contributed by atoms with E-state index in [9.17, 15) is 13.6 Å². The second kappa shape index (κ2) is 7.81. The van der Waals surface area contributed by atoms with Gasteiger partial charge >= 0.3 is 12.6 Å². The van der Waals surface area contributed by atoms with Gasteiger partial charge in [-0.25, -0.2) is 4.79 Å². The average molecular weight is 338 g/mol. The minimum absolute atomic E-state index is 0.0114. The number of alkyl halides is 2. The predicted octanol–water partition coefficient (Wildman–Crippen LogP) is 4.25. The Morgan fingerprint density at radius 3 is 2.62 bits per heavy atom. The molecular formula is C18H24F2N2O2. The van der Waals surface area contributed by atoms with Gasteiger partial charge in [0.2, 0.25) is 0 Å². The van der Waals surface area contributed by atoms with Gasteiger partial charge in [0, 0.05) is 13.1 Å². The number of halogens is 2. The fourth-order valence-electron chi connectivity index (χ4n) is 3.63. The SMILES string of the molecule is O=C(NC1CCCc2cc(OC(F)F)ccc21)N1CCCCCC1. The molecule has 2 aliphatic rings. The Kier molecular flexibility index (Phi) is 5.53. The number of urea groups is 1. The number of likely N-dealkylation sites (tertiary alicyclic amines) is 1. The number of ether oxygens (including phenoxy) is 1. The zero-order valence-electron chi connectivity index (χ0n) is 13.8. The van der Waals surface area contributed by atoms with Crippen LogP contribution in [-0.2, 0) is 6.42 Å². The maximum absolute atomic E-state index is 12.5. The topological polar surface area (TPSA) is 41.6 Å². The van der Waals surface area contributed by atoms with Gasteiger partial charge in [0.1, 0.15) is 5.75 Å². The molecule has 3 rings (SSSR count). The van der Waals surface area contributed by atoms with Crippen molar-refractivity contribution < 1.29 is 18.3 Å². The summed E-state index contributed by atoms with van der Waals surface area (Å²) in [6.07, 6.45) is 7.11. The lowest BCUT2D eigenvalue weighted by molar-refractivity contribution is -0.0499. The number of carbonyl (C=O) groups excluding carboxylic acids is 1. The number of hydrogen-bond acceptors (Lipinski definition) is 2. The number of benzene rings is 1. The molecule has 1 heterocycles. The molecule has 1 aliphatic carbocycles. The van der Waals surface area contributed by atoms with Crippen molar-refractivity contribution >= 4 is 6.03 Å². The molecule has 2 amide bonds. The molecule has 1 N–H and O–H groups in total. The number of hydrogen-bond donors (Lipinski definition) is 1. The van der Waals surface area contributed by atoms with Gasteiger partial charge in [0.25, 0.3) is 0 Å². The minimum atomic E-state index is -2.81. The van der Waals surface area contributed by atoms with Crippen molar-refractivity contribution in [3.8, 4) is 5.75 Å². The number of fused-ring (bicyclic) bond motifs is 1. The molecule has 132 valence electrons. The Hall–Kier alpha value is -1.85. The van der Waals surface area contributed by atoms with Gasteiger partial charge in [-0.3, -0.25) is 0 Å². The summed E-state index contributed by atoms with van der Waals surface area (Å²) >= 11 is 0. The van der Waals surface area contributed by atoms with Crippen LogP contribution in [0.2, 0.25) is 0 Å². The van der Waals surface area contributed by atoms with Crippen LogP contribution in [0, 0.1) is 0 Å². The third kappa shape index (κ3) is 4.16. The lowest BCUT2D eigenvalue weighted by Gasteiger charge is -2.30. The van der Waals surface area contributed by atoms with Crippen LogP contribution in [-0.4, -0.2) is 30.6 Å². The molecule has 1 aromatic carbocycles. The van der Waals surface area contributed by atoms with E-state index in [1.54, 1.807) is 18.2 Å². The van der Waals surface area contributed by atoms with Crippen LogP contribution in [0.15, 0.2) is 18.2 Å². The number of amides is 2. The van der Waals surface area contributed by atoms with Crippen LogP contribution in [0.4, 0.5) is 13.6 Å². The highest BCUT2D eigenvalue weighted by atomic mass is 19.3. The van der Waals surface area contributed by atoms with Gasteiger partial charge < -0.3 is 15.0 Å². The first kappa shape index (κ1) is 17.0. The molecule has 1 atom stereocenters. The standard InChI is InChI=1S/C18H24F2N2O2/c19-17(20)24-14-8-9-15-13(12-14)6-5-7-16(15)21-18(23)22-10-3-1-2-4-11-22/h8-9,12,16-17H,1-7,10-11H2,(H,21,23). The van der Waals surface area contributed by atoms with Gasteiger partial charge in [-0.1, -0.05) is 18.9 Å². The second-order valence-corrected chi connectivity index (χ2v) is 6.53. The Labute approximate surface area is 141 Å². The molecule has 0 radical (unpaired) electrons. The van der Waals surface area contributed by atoms with Crippen LogP contribution < -0.4 is 10.1 Å². The Morgan fingerprint density at radius 2 is 1.92 bits per heavy atom. The van der Waals surface area contributed by atoms with Crippen molar-refractivity contribution in [2.24, 2.45) is 0 Å². The molecule has 0 aromatic heterocycles. The number of rotatable bonds is 3. The van der Waals surface area contributed by atoms with Crippen molar-refractivity contribution in [1.82, 2.24) is 10.2 Å². The van der Waals surface area contributed by atoms with E-state index in [4.69, 9.17) is 0 Å². The number of nitrogens with one attached hydrogen (secondary N) is 1. The van der Waals surface area contributed by atoms with Crippen molar-refractivity contribution in [2.75, 3.05) is 13.1 Å². The molecule has 0 saturated carbocycles. The van der Waals surface area contributed by atoms with Gasteiger partial charge in [-0.15, -0.1) is 0 Å². The van der Waals surface area contributed by atoms with E-state index in [0.717, 1.165) is 56.3 Å². The summed E-state index contributed by atoms with van der Waals surface area (Å²) in [4.78, 5) is 14.4. The van der Waals surface area contributed by atoms with Crippen LogP contribution in [0.25, 0.3) is 0 Å². The molecule has 1 unspecified atom stereocenters. The molecule has 1 aliphatic heterocycles. The van der Waals surface area contributed by atoms with E-state index in [1.807, 2.05) is 4.90 Å². The first-order chi connectivity index (χ1) is 11.6. The highest BCUT2D eigenvalue weighted by Gasteiger charge is 2.25. The Balaban J connectivity index is 1.68. The van der Waals surface area contributed by atoms with Crippen LogP contribution in [0.5, 0.6) is 5.75 Å². The lowest BCUT2D eigenvalue weighted by atomic mass is 9.87. The molecule has 6 heteroatoms. The molecule has 0 bridgehead atoms. The van der Waals surface area contributed by atoms with Crippen molar-refractivity contribution in [2.45, 2.75) is 57.6 Å². The van der Waals surface area contributed by atoms with Crippen LogP contribution >= 0.6 is 0 Å². The van der Waals surface area contributed by atoms with Crippen LogP contribution in [0.3, 0.4) is 0 Å². The summed E-state index contributed by atoms with van der Waals surface area (Å²) in [5, 5.41) is 3.13. The normalized spacial score (nSPS) is 21.1. The van der Waals surface area contributed by atoms with Crippen LogP contribution in [0.1, 0.15) is 55.7 Å². The first-order valence-electron chi connectivity index (χ1n) is 8.76. The monoisotopic (exact) mass is 338 g/mol. The minimum Gasteiger partial charge on any atom is -0.435 e. The fraction of sp³-hybridized carbons (Fsp3) is 0.611. The maximum atomic E-state index is 12.5. The van der Waals surface area contributed by atoms with E-state index >= 15 is 0 Å². The summed E-state index contributed by atoms with van der Waals surface area (Å²) in [5.74, 6) is 0.184. The van der Waals surface area contributed by atoms with E-state index in [1.165, 1.54) is 12.8 Å². The Bertz CT molecular complexity index is 572. The zero-order valence-corrected chi connectivity index (χ0v) is 13.8. The van der Waals surface area contributed by atoms with Gasteiger partial charge in [0.05, 0.1) is 6.04 Å². The fourth-order valence-corrected chi connectivity index (χ4v) is 3.63. The molecule has 0 spiro atoms. The van der Waals surface area contributed by atoms with E-state index in [-0.39, 0.29) is 17.8 Å². The first-order valence-corrected chi connectivity index (χ1v) is 8.76. The molecule has 24 heavy (non-hydrogen) atoms. The van der Waals surface area contributed by atoms with Crippen molar-refractivity contribution in [1.29, 1.82) is 0 Å². The van der Waals surface area contributed by atoms with E-state index in [0.29, 0.717) is 0 Å². The summed E-state index contributed by atoms with van der Waals surface area (Å²) in [5.41, 5.74) is 2.01. The van der Waals surface area contributed by atoms with Gasteiger partial charge in [-0.2, -0.15) is 8.78 Å². The number of nitrogens with zero attached hydrogens (tertiary/aromatic N) is 1. The molecular weight excluding hydrogens is 314 g/mol. The highest BCUT2D eigenvalue weighted by molar-refractivity contribution is 5.75. The van der Waals surface area contributed by atoms with E-state index in [2.05, 4.69) is 10.1 Å². The quantitative estimate of drug-likeness (QED) is 0.895. The molecule has 1 fully saturated rings. The molecule has 4 nitrogen and oxygen atoms in total. The summed E-state index contributed by atoms with van der Waals surface area (Å²) in [6.45, 7) is -1.19. The highest BCUT2D eigenvalue weighted by Crippen LogP contribution is 2.32. The predicted molar refractivity (Wildman–Crippen MR) is 87.3 cm³/mol. The third-order valence-corrected chi connectivity index (χ3v) is 4.84. The van der Waals surface area contributed by atoms with Crippen molar-refractivity contribution in [3.63, 3.8) is 0 Å². The summed E-state index contributed by atoms with van der Waals surface area (Å²) in [7, 11) is 0. The second-order valence-electron chi connectivity index (χ2n) is 6.53. The maximum Gasteiger partial charge on any atom is 0.387 e. The average Bonchev–Trinajstić information content (AvgIpc) is 2.83. The smallest absolute Gasteiger partial charge is 0.387 e. The van der Waals surface area contributed by atoms with Gasteiger partial charge in [-0.05, 0) is 55.4 Å². The van der Waals surface area contributed by atoms with Gasteiger partial charge in [0.15, 0.2) is 0 Å². The van der Waals surface area contributed by atoms with Crippen molar-refractivity contribution in [3.05, 3.63) is 29.3 Å². The number of aryl methyl sites for hydroxylation is 1. The molecule has 1 saturated heterocycles. The molecule has 1 aromatic rings. The van der Waals surface area contributed by atoms with E-state index < -0.39 is 6.61 Å². The Morgan fingerprint density at radius 1 is 1.17 bits per heavy atom. The number of carbonyl (C=O) groups is 1. The summed E-state index contributed by atoms with van der Waals surface area (Å²) < 4.78 is 29.2. The zero-order chi connectivity index (χ0) is 16.9. The lowest BCUT2D eigenvalue weighted by Crippen LogP contribution is -2.42.